The van der Waals surface area contributed by atoms with E-state index in [1.807, 2.05) is 0 Å². The molecule has 2 nitrogen and oxygen atoms in total. The summed E-state index contributed by atoms with van der Waals surface area (Å²) in [6, 6.07) is 0. The minimum Gasteiger partial charge on any atom is -0.462 e. The summed E-state index contributed by atoms with van der Waals surface area (Å²) in [6.45, 7) is 0.609. The van der Waals surface area contributed by atoms with Gasteiger partial charge in [0.25, 0.3) is 0 Å². The van der Waals surface area contributed by atoms with Crippen LogP contribution in [0.2, 0.25) is 0 Å². The average molecular weight is 152 g/mol. The topological polar surface area (TPSA) is 26.3 Å². The number of ether oxygens (including phenoxy) is 1. The summed E-state index contributed by atoms with van der Waals surface area (Å²) in [6.07, 6.45) is 5.49. The Labute approximate surface area is 66.2 Å². The third-order valence-electron chi connectivity index (χ3n) is 2.47. The van der Waals surface area contributed by atoms with Gasteiger partial charge >= 0.3 is 5.97 Å². The minimum atomic E-state index is -0.0500. The van der Waals surface area contributed by atoms with Gasteiger partial charge in [-0.2, -0.15) is 0 Å². The van der Waals surface area contributed by atoms with Crippen LogP contribution in [0.25, 0.3) is 0 Å². The fourth-order valence-electron chi connectivity index (χ4n) is 1.84. The van der Waals surface area contributed by atoms with Crippen LogP contribution in [0.5, 0.6) is 0 Å². The largest absolute Gasteiger partial charge is 0.462 e. The molecule has 2 rings (SSSR count). The summed E-state index contributed by atoms with van der Waals surface area (Å²) < 4.78 is 4.95. The Morgan fingerprint density at radius 3 is 2.73 bits per heavy atom. The van der Waals surface area contributed by atoms with E-state index in [-0.39, 0.29) is 5.97 Å². The molecular weight excluding hydrogens is 140 g/mol. The summed E-state index contributed by atoms with van der Waals surface area (Å²) in [5, 5.41) is 0. The predicted octanol–water partition coefficient (Wildman–Crippen LogP) is 1.80. The van der Waals surface area contributed by atoms with Crippen molar-refractivity contribution in [1.82, 2.24) is 0 Å². The zero-order valence-corrected chi connectivity index (χ0v) is 6.56. The summed E-state index contributed by atoms with van der Waals surface area (Å²) in [7, 11) is 0. The fourth-order valence-corrected chi connectivity index (χ4v) is 1.84. The third-order valence-corrected chi connectivity index (χ3v) is 2.47. The molecule has 2 heteroatoms. The zero-order valence-electron chi connectivity index (χ0n) is 6.56. The van der Waals surface area contributed by atoms with Crippen molar-refractivity contribution in [3.63, 3.8) is 0 Å². The van der Waals surface area contributed by atoms with E-state index in [0.29, 0.717) is 6.61 Å². The summed E-state index contributed by atoms with van der Waals surface area (Å²) >= 11 is 0. The van der Waals surface area contributed by atoms with Gasteiger partial charge in [-0.3, -0.25) is 0 Å². The minimum absolute atomic E-state index is 0.0500. The van der Waals surface area contributed by atoms with Gasteiger partial charge in [0.2, 0.25) is 0 Å². The number of rotatable bonds is 0. The molecule has 1 aliphatic carbocycles. The Bertz CT molecular complexity index is 212. The molecule has 0 atom stereocenters. The molecule has 1 aliphatic heterocycles. The fraction of sp³-hybridized carbons (Fsp3) is 0.667. The Morgan fingerprint density at radius 1 is 1.09 bits per heavy atom. The molecule has 0 radical (unpaired) electrons. The molecule has 60 valence electrons. The first-order valence-corrected chi connectivity index (χ1v) is 4.26. The lowest BCUT2D eigenvalue weighted by atomic mass is 9.89. The van der Waals surface area contributed by atoms with Gasteiger partial charge < -0.3 is 4.74 Å². The van der Waals surface area contributed by atoms with Crippen LogP contribution in [0.4, 0.5) is 0 Å². The second kappa shape index (κ2) is 2.68. The van der Waals surface area contributed by atoms with E-state index < -0.39 is 0 Å². The third kappa shape index (κ3) is 1.17. The zero-order chi connectivity index (χ0) is 7.68. The molecule has 0 aromatic heterocycles. The molecule has 0 spiro atoms. The highest BCUT2D eigenvalue weighted by Crippen LogP contribution is 2.30. The molecule has 0 saturated heterocycles. The van der Waals surface area contributed by atoms with Gasteiger partial charge in [0.15, 0.2) is 0 Å². The predicted molar refractivity (Wildman–Crippen MR) is 41.1 cm³/mol. The lowest BCUT2D eigenvalue weighted by Crippen LogP contribution is -2.19. The Morgan fingerprint density at radius 2 is 1.91 bits per heavy atom. The molecule has 0 fully saturated rings. The second-order valence-corrected chi connectivity index (χ2v) is 3.18. The molecule has 11 heavy (non-hydrogen) atoms. The lowest BCUT2D eigenvalue weighted by molar-refractivity contribution is -0.140. The number of hydrogen-bond donors (Lipinski definition) is 0. The first kappa shape index (κ1) is 6.89. The van der Waals surface area contributed by atoms with E-state index in [1.165, 1.54) is 12.0 Å². The van der Waals surface area contributed by atoms with Gasteiger partial charge in [0, 0.05) is 12.0 Å². The quantitative estimate of drug-likeness (QED) is 0.495. The molecule has 0 aromatic carbocycles. The highest BCUT2D eigenvalue weighted by molar-refractivity contribution is 5.90. The van der Waals surface area contributed by atoms with E-state index >= 15 is 0 Å². The number of esters is 1. The molecular formula is C9H12O2. The summed E-state index contributed by atoms with van der Waals surface area (Å²) in [5.41, 5.74) is 2.36. The van der Waals surface area contributed by atoms with Crippen molar-refractivity contribution >= 4 is 5.97 Å². The van der Waals surface area contributed by atoms with Crippen LogP contribution >= 0.6 is 0 Å². The molecule has 1 heterocycles. The Hall–Kier alpha value is -0.790. The van der Waals surface area contributed by atoms with Gasteiger partial charge in [-0.15, -0.1) is 0 Å². The highest BCUT2D eigenvalue weighted by atomic mass is 16.5. The first-order chi connectivity index (χ1) is 5.38. The van der Waals surface area contributed by atoms with E-state index in [1.54, 1.807) is 0 Å². The Kier molecular flexibility index (Phi) is 1.68. The van der Waals surface area contributed by atoms with E-state index in [2.05, 4.69) is 0 Å². The smallest absolute Gasteiger partial charge is 0.333 e. The summed E-state index contributed by atoms with van der Waals surface area (Å²) in [5.74, 6) is -0.0500. The van der Waals surface area contributed by atoms with Crippen molar-refractivity contribution in [3.05, 3.63) is 11.1 Å². The number of carbonyl (C=O) groups is 1. The van der Waals surface area contributed by atoms with E-state index in [0.717, 1.165) is 31.3 Å². The van der Waals surface area contributed by atoms with Crippen molar-refractivity contribution < 1.29 is 9.53 Å². The van der Waals surface area contributed by atoms with Crippen molar-refractivity contribution in [2.24, 2.45) is 0 Å². The van der Waals surface area contributed by atoms with Gasteiger partial charge in [0.05, 0.1) is 6.61 Å². The summed E-state index contributed by atoms with van der Waals surface area (Å²) in [4.78, 5) is 11.1. The first-order valence-electron chi connectivity index (χ1n) is 4.26. The van der Waals surface area contributed by atoms with Gasteiger partial charge in [0.1, 0.15) is 0 Å². The van der Waals surface area contributed by atoms with Crippen LogP contribution in [-0.2, 0) is 9.53 Å². The molecule has 2 aliphatic rings. The molecule has 0 bridgehead atoms. The maximum Gasteiger partial charge on any atom is 0.333 e. The van der Waals surface area contributed by atoms with Gasteiger partial charge in [-0.1, -0.05) is 5.57 Å². The van der Waals surface area contributed by atoms with Crippen molar-refractivity contribution in [1.29, 1.82) is 0 Å². The monoisotopic (exact) mass is 152 g/mol. The molecule has 0 saturated carbocycles. The van der Waals surface area contributed by atoms with Crippen molar-refractivity contribution in [2.45, 2.75) is 32.1 Å². The van der Waals surface area contributed by atoms with Crippen LogP contribution in [0.15, 0.2) is 11.1 Å². The molecule has 0 amide bonds. The second-order valence-electron chi connectivity index (χ2n) is 3.18. The number of cyclic esters (lactones) is 1. The van der Waals surface area contributed by atoms with E-state index in [4.69, 9.17) is 4.74 Å². The number of hydrogen-bond acceptors (Lipinski definition) is 2. The average Bonchev–Trinajstić information content (AvgIpc) is 2.06. The van der Waals surface area contributed by atoms with Crippen LogP contribution in [0.1, 0.15) is 32.1 Å². The highest BCUT2D eigenvalue weighted by Gasteiger charge is 2.23. The maximum atomic E-state index is 11.1. The van der Waals surface area contributed by atoms with Gasteiger partial charge in [-0.25, -0.2) is 4.79 Å². The van der Waals surface area contributed by atoms with Gasteiger partial charge in [-0.05, 0) is 25.7 Å². The standard InChI is InChI=1S/C9H12O2/c10-9-8-4-2-1-3-7(8)5-6-11-9/h1-6H2. The number of carbonyl (C=O) groups excluding carboxylic acids is 1. The lowest BCUT2D eigenvalue weighted by Gasteiger charge is -2.23. The van der Waals surface area contributed by atoms with Crippen LogP contribution in [0.3, 0.4) is 0 Å². The molecule has 0 N–H and O–H groups in total. The van der Waals surface area contributed by atoms with Crippen LogP contribution < -0.4 is 0 Å². The van der Waals surface area contributed by atoms with Crippen molar-refractivity contribution in [3.8, 4) is 0 Å². The normalized spacial score (nSPS) is 24.5. The van der Waals surface area contributed by atoms with E-state index in [9.17, 15) is 4.79 Å². The van der Waals surface area contributed by atoms with Crippen LogP contribution in [0, 0.1) is 0 Å². The maximum absolute atomic E-state index is 11.1. The SMILES string of the molecule is O=C1OCCC2=C1CCCC2. The molecule has 0 aromatic rings. The Balaban J connectivity index is 2.27. The molecule has 0 unspecified atom stereocenters. The van der Waals surface area contributed by atoms with Crippen LogP contribution in [-0.4, -0.2) is 12.6 Å². The van der Waals surface area contributed by atoms with Crippen molar-refractivity contribution in [2.75, 3.05) is 6.61 Å².